The smallest absolute Gasteiger partial charge is 0.322 e. The molecule has 3 atom stereocenters. The number of carbonyl (C=O) groups excluding carboxylic acids is 2. The molecular weight excluding hydrogens is 254 g/mol. The van der Waals surface area contributed by atoms with Crippen LogP contribution in [0.15, 0.2) is 30.3 Å². The van der Waals surface area contributed by atoms with Gasteiger partial charge in [-0.1, -0.05) is 37.3 Å². The Hall–Kier alpha value is -1.88. The maximum atomic E-state index is 12.2. The van der Waals surface area contributed by atoms with Crippen LogP contribution in [0.25, 0.3) is 0 Å². The van der Waals surface area contributed by atoms with Crippen molar-refractivity contribution in [3.05, 3.63) is 35.9 Å². The molecule has 2 N–H and O–H groups in total. The van der Waals surface area contributed by atoms with Crippen molar-refractivity contribution in [1.29, 1.82) is 0 Å². The molecule has 5 nitrogen and oxygen atoms in total. The van der Waals surface area contributed by atoms with Gasteiger partial charge in [-0.25, -0.2) is 4.79 Å². The molecule has 2 heterocycles. The third-order valence-electron chi connectivity index (χ3n) is 4.60. The van der Waals surface area contributed by atoms with Crippen LogP contribution in [0.1, 0.15) is 24.9 Å². The maximum Gasteiger partial charge on any atom is 0.322 e. The molecule has 2 aliphatic heterocycles. The predicted octanol–water partition coefficient (Wildman–Crippen LogP) is 1.28. The summed E-state index contributed by atoms with van der Waals surface area (Å²) < 4.78 is 0. The Morgan fingerprint density at radius 2 is 1.95 bits per heavy atom. The van der Waals surface area contributed by atoms with Crippen LogP contribution in [0.5, 0.6) is 0 Å². The van der Waals surface area contributed by atoms with E-state index in [2.05, 4.69) is 34.7 Å². The van der Waals surface area contributed by atoms with Gasteiger partial charge in [0.15, 0.2) is 0 Å². The summed E-state index contributed by atoms with van der Waals surface area (Å²) in [7, 11) is 2.07. The molecule has 0 unspecified atom stereocenters. The number of nitrogens with zero attached hydrogens (tertiary/aromatic N) is 1. The minimum Gasteiger partial charge on any atom is -0.323 e. The van der Waals surface area contributed by atoms with Crippen LogP contribution in [0.4, 0.5) is 4.79 Å². The first-order valence-electron chi connectivity index (χ1n) is 6.92. The highest BCUT2D eigenvalue weighted by molar-refractivity contribution is 6.07. The largest absolute Gasteiger partial charge is 0.323 e. The molecule has 0 radical (unpaired) electrons. The van der Waals surface area contributed by atoms with Gasteiger partial charge in [0.2, 0.25) is 0 Å². The summed E-state index contributed by atoms with van der Waals surface area (Å²) in [5, 5.41) is 5.25. The second kappa shape index (κ2) is 4.59. The van der Waals surface area contributed by atoms with Gasteiger partial charge in [-0.15, -0.1) is 0 Å². The van der Waals surface area contributed by atoms with E-state index in [1.807, 2.05) is 25.1 Å². The zero-order chi connectivity index (χ0) is 14.3. The number of hydrogen-bond acceptors (Lipinski definition) is 3. The minimum absolute atomic E-state index is 0.0823. The van der Waals surface area contributed by atoms with Crippen molar-refractivity contribution in [2.45, 2.75) is 24.9 Å². The van der Waals surface area contributed by atoms with E-state index in [-0.39, 0.29) is 23.9 Å². The van der Waals surface area contributed by atoms with Gasteiger partial charge in [0.1, 0.15) is 5.54 Å². The molecule has 0 bridgehead atoms. The summed E-state index contributed by atoms with van der Waals surface area (Å²) in [5.74, 6) is -0.108. The van der Waals surface area contributed by atoms with E-state index >= 15 is 0 Å². The molecule has 3 amide bonds. The minimum atomic E-state index is -0.774. The zero-order valence-corrected chi connectivity index (χ0v) is 11.7. The lowest BCUT2D eigenvalue weighted by molar-refractivity contribution is -0.128. The number of likely N-dealkylation sites (tertiary alicyclic amines) is 1. The topological polar surface area (TPSA) is 61.4 Å². The Morgan fingerprint density at radius 3 is 2.55 bits per heavy atom. The number of rotatable bonds is 1. The molecule has 106 valence electrons. The fourth-order valence-corrected chi connectivity index (χ4v) is 3.42. The molecule has 0 aromatic heterocycles. The highest BCUT2D eigenvalue weighted by Crippen LogP contribution is 2.40. The standard InChI is InChI=1S/C15H19N3O2/c1-10-9-18(2)12(11-6-4-3-5-7-11)8-15(10)13(19)16-14(20)17-15/h3-7,10,12H,8-9H2,1-2H3,(H2,16,17,19,20)/t10-,12+,15+/m1/s1. The zero-order valence-electron chi connectivity index (χ0n) is 11.7. The third kappa shape index (κ3) is 1.89. The quantitative estimate of drug-likeness (QED) is 0.758. The van der Waals surface area contributed by atoms with Crippen LogP contribution in [-0.4, -0.2) is 36.0 Å². The van der Waals surface area contributed by atoms with Gasteiger partial charge in [0.05, 0.1) is 0 Å². The fraction of sp³-hybridized carbons (Fsp3) is 0.467. The number of hydrogen-bond donors (Lipinski definition) is 2. The van der Waals surface area contributed by atoms with Crippen molar-refractivity contribution in [1.82, 2.24) is 15.5 Å². The van der Waals surface area contributed by atoms with E-state index in [1.165, 1.54) is 5.56 Å². The van der Waals surface area contributed by atoms with Gasteiger partial charge in [-0.05, 0) is 19.0 Å². The molecule has 2 aliphatic rings. The fourth-order valence-electron chi connectivity index (χ4n) is 3.42. The Balaban J connectivity index is 1.95. The first-order valence-corrected chi connectivity index (χ1v) is 6.92. The van der Waals surface area contributed by atoms with Crippen LogP contribution in [0.3, 0.4) is 0 Å². The molecule has 1 spiro atoms. The third-order valence-corrected chi connectivity index (χ3v) is 4.60. The van der Waals surface area contributed by atoms with Gasteiger partial charge < -0.3 is 5.32 Å². The normalized spacial score (nSPS) is 34.1. The van der Waals surface area contributed by atoms with Crippen LogP contribution in [0.2, 0.25) is 0 Å². The molecule has 0 saturated carbocycles. The molecule has 2 saturated heterocycles. The van der Waals surface area contributed by atoms with Crippen molar-refractivity contribution in [2.75, 3.05) is 13.6 Å². The average molecular weight is 273 g/mol. The summed E-state index contributed by atoms with van der Waals surface area (Å²) in [6.07, 6.45) is 0.603. The maximum absolute atomic E-state index is 12.2. The van der Waals surface area contributed by atoms with E-state index in [1.54, 1.807) is 0 Å². The number of urea groups is 1. The highest BCUT2D eigenvalue weighted by atomic mass is 16.2. The van der Waals surface area contributed by atoms with Gasteiger partial charge in [-0.2, -0.15) is 0 Å². The summed E-state index contributed by atoms with van der Waals surface area (Å²) in [6.45, 7) is 2.79. The molecular formula is C15H19N3O2. The van der Waals surface area contributed by atoms with E-state index in [0.717, 1.165) is 6.54 Å². The average Bonchev–Trinajstić information content (AvgIpc) is 2.71. The summed E-state index contributed by atoms with van der Waals surface area (Å²) in [4.78, 5) is 26.0. The summed E-state index contributed by atoms with van der Waals surface area (Å²) >= 11 is 0. The van der Waals surface area contributed by atoms with E-state index in [9.17, 15) is 9.59 Å². The number of amides is 3. The Labute approximate surface area is 118 Å². The molecule has 3 rings (SSSR count). The van der Waals surface area contributed by atoms with Crippen molar-refractivity contribution in [3.8, 4) is 0 Å². The second-order valence-corrected chi connectivity index (χ2v) is 5.85. The van der Waals surface area contributed by atoms with Gasteiger partial charge in [0.25, 0.3) is 5.91 Å². The lowest BCUT2D eigenvalue weighted by Crippen LogP contribution is -2.60. The van der Waals surface area contributed by atoms with Crippen LogP contribution in [-0.2, 0) is 4.79 Å². The number of piperidine rings is 1. The van der Waals surface area contributed by atoms with Gasteiger partial charge >= 0.3 is 6.03 Å². The number of carbonyl (C=O) groups is 2. The Kier molecular flexibility index (Phi) is 3.01. The Bertz CT molecular complexity index is 545. The van der Waals surface area contributed by atoms with Crippen LogP contribution >= 0.6 is 0 Å². The lowest BCUT2D eigenvalue weighted by Gasteiger charge is -2.46. The van der Waals surface area contributed by atoms with E-state index in [4.69, 9.17) is 0 Å². The van der Waals surface area contributed by atoms with E-state index < -0.39 is 5.54 Å². The predicted molar refractivity (Wildman–Crippen MR) is 75.0 cm³/mol. The summed E-state index contributed by atoms with van der Waals surface area (Å²) in [5.41, 5.74) is 0.402. The van der Waals surface area contributed by atoms with Gasteiger partial charge in [-0.3, -0.25) is 15.0 Å². The molecule has 1 aromatic rings. The first kappa shape index (κ1) is 13.1. The van der Waals surface area contributed by atoms with E-state index in [0.29, 0.717) is 6.42 Å². The van der Waals surface area contributed by atoms with Crippen molar-refractivity contribution >= 4 is 11.9 Å². The second-order valence-electron chi connectivity index (χ2n) is 5.85. The monoisotopic (exact) mass is 273 g/mol. The molecule has 0 aliphatic carbocycles. The molecule has 5 heteroatoms. The lowest BCUT2D eigenvalue weighted by atomic mass is 9.74. The number of nitrogens with one attached hydrogen (secondary N) is 2. The van der Waals surface area contributed by atoms with Crippen molar-refractivity contribution < 1.29 is 9.59 Å². The van der Waals surface area contributed by atoms with Crippen molar-refractivity contribution in [2.24, 2.45) is 5.92 Å². The SMILES string of the molecule is C[C@@H]1CN(C)[C@H](c2ccccc2)C[C@]12NC(=O)NC2=O. The number of imide groups is 1. The van der Waals surface area contributed by atoms with Crippen molar-refractivity contribution in [3.63, 3.8) is 0 Å². The van der Waals surface area contributed by atoms with Crippen LogP contribution < -0.4 is 10.6 Å². The highest BCUT2D eigenvalue weighted by Gasteiger charge is 2.54. The molecule has 1 aromatic carbocycles. The van der Waals surface area contributed by atoms with Crippen LogP contribution in [0, 0.1) is 5.92 Å². The first-order chi connectivity index (χ1) is 9.53. The van der Waals surface area contributed by atoms with Gasteiger partial charge in [0, 0.05) is 18.5 Å². The molecule has 2 fully saturated rings. The number of benzene rings is 1. The Morgan fingerprint density at radius 1 is 1.25 bits per heavy atom. The molecule has 20 heavy (non-hydrogen) atoms. The summed E-state index contributed by atoms with van der Waals surface area (Å²) in [6, 6.07) is 9.88.